The molecule has 6 nitrogen and oxygen atoms in total. The van der Waals surface area contributed by atoms with Crippen LogP contribution < -0.4 is 10.9 Å². The third-order valence-electron chi connectivity index (χ3n) is 4.43. The Morgan fingerprint density at radius 1 is 1.19 bits per heavy atom. The van der Waals surface area contributed by atoms with E-state index in [9.17, 15) is 18.4 Å². The molecule has 4 aromatic heterocycles. The van der Waals surface area contributed by atoms with E-state index in [0.717, 1.165) is 17.3 Å². The molecule has 26 heavy (non-hydrogen) atoms. The van der Waals surface area contributed by atoms with Crippen molar-refractivity contribution < 1.29 is 18.0 Å². The third kappa shape index (κ3) is 1.98. The zero-order chi connectivity index (χ0) is 18.0. The minimum atomic E-state index is -1.24. The summed E-state index contributed by atoms with van der Waals surface area (Å²) >= 11 is 0. The molecule has 8 heteroatoms. The lowest BCUT2D eigenvalue weighted by Crippen LogP contribution is -2.14. The topological polar surface area (TPSA) is 88.0 Å². The van der Waals surface area contributed by atoms with E-state index in [1.165, 1.54) is 24.4 Å². The molecular weight excluding hydrogens is 344 g/mol. The number of aromatic amines is 1. The van der Waals surface area contributed by atoms with Gasteiger partial charge in [-0.1, -0.05) is 0 Å². The van der Waals surface area contributed by atoms with Gasteiger partial charge in [-0.3, -0.25) is 9.59 Å². The zero-order valence-electron chi connectivity index (χ0n) is 13.0. The number of halogens is 2. The van der Waals surface area contributed by atoms with Gasteiger partial charge in [0.05, 0.1) is 11.3 Å². The molecule has 0 aliphatic heterocycles. The van der Waals surface area contributed by atoms with Crippen molar-refractivity contribution in [2.75, 3.05) is 5.32 Å². The largest absolute Gasteiger partial charge is 0.455 e. The maximum atomic E-state index is 14.3. The van der Waals surface area contributed by atoms with Crippen LogP contribution in [0, 0.1) is 11.8 Å². The lowest BCUT2D eigenvalue weighted by atomic mass is 9.99. The number of furan rings is 2. The van der Waals surface area contributed by atoms with Gasteiger partial charge in [0.25, 0.3) is 5.91 Å². The summed E-state index contributed by atoms with van der Waals surface area (Å²) in [4.78, 5) is 29.7. The number of nitrogens with zero attached hydrogens (tertiary/aromatic N) is 1. The molecule has 0 saturated carbocycles. The molecule has 5 rings (SSSR count). The second-order valence-electron chi connectivity index (χ2n) is 6.00. The van der Waals surface area contributed by atoms with Crippen LogP contribution in [0.25, 0.3) is 22.3 Å². The van der Waals surface area contributed by atoms with Crippen molar-refractivity contribution in [2.45, 2.75) is 6.42 Å². The number of anilines is 1. The number of H-pyrrole nitrogens is 1. The van der Waals surface area contributed by atoms with E-state index in [1.807, 2.05) is 0 Å². The first-order chi connectivity index (χ1) is 12.5. The maximum absolute atomic E-state index is 14.3. The number of pyridine rings is 2. The van der Waals surface area contributed by atoms with Crippen LogP contribution in [0.5, 0.6) is 0 Å². The summed E-state index contributed by atoms with van der Waals surface area (Å²) in [6.07, 6.45) is 3.15. The molecule has 2 bridgehead atoms. The van der Waals surface area contributed by atoms with Crippen LogP contribution in [0.15, 0.2) is 39.8 Å². The second kappa shape index (κ2) is 4.98. The van der Waals surface area contributed by atoms with Gasteiger partial charge in [-0.15, -0.1) is 0 Å². The predicted molar refractivity (Wildman–Crippen MR) is 88.4 cm³/mol. The number of carbonyl (C=O) groups is 1. The van der Waals surface area contributed by atoms with Crippen LogP contribution in [0.2, 0.25) is 0 Å². The highest BCUT2D eigenvalue weighted by Gasteiger charge is 2.39. The minimum Gasteiger partial charge on any atom is -0.455 e. The monoisotopic (exact) mass is 353 g/mol. The van der Waals surface area contributed by atoms with Gasteiger partial charge in [0.2, 0.25) is 11.5 Å². The molecular formula is C18H9F2N3O3. The van der Waals surface area contributed by atoms with Gasteiger partial charge in [0.15, 0.2) is 5.82 Å². The SMILES string of the molecule is O=C(Nc1ccc(=O)[nH]c1)c1c(-c2ccnc(F)c2F)c2oc1c1c2C1. The molecule has 0 saturated heterocycles. The molecule has 128 valence electrons. The van der Waals surface area contributed by atoms with E-state index in [-0.39, 0.29) is 22.2 Å². The van der Waals surface area contributed by atoms with Gasteiger partial charge in [0, 0.05) is 47.1 Å². The maximum Gasteiger partial charge on any atom is 0.260 e. The number of aromatic nitrogens is 2. The Balaban J connectivity index is 1.65. The van der Waals surface area contributed by atoms with Gasteiger partial charge in [-0.25, -0.2) is 9.37 Å². The molecule has 4 heterocycles. The number of hydrogen-bond donors (Lipinski definition) is 2. The number of fused-ring (bicyclic) bond motifs is 5. The number of carbonyl (C=O) groups excluding carboxylic acids is 1. The smallest absolute Gasteiger partial charge is 0.260 e. The molecule has 1 amide bonds. The second-order valence-corrected chi connectivity index (χ2v) is 6.00. The van der Waals surface area contributed by atoms with Crippen molar-refractivity contribution in [2.24, 2.45) is 0 Å². The number of benzene rings is 1. The highest BCUT2D eigenvalue weighted by Crippen LogP contribution is 2.51. The molecule has 4 aromatic rings. The Morgan fingerprint density at radius 3 is 2.77 bits per heavy atom. The van der Waals surface area contributed by atoms with Gasteiger partial charge < -0.3 is 14.7 Å². The molecule has 0 fully saturated rings. The van der Waals surface area contributed by atoms with Crippen LogP contribution in [0.4, 0.5) is 14.5 Å². The molecule has 1 aliphatic rings. The van der Waals surface area contributed by atoms with Crippen molar-refractivity contribution >= 4 is 22.8 Å². The molecule has 0 radical (unpaired) electrons. The zero-order valence-corrected chi connectivity index (χ0v) is 13.0. The number of hydrogen-bond acceptors (Lipinski definition) is 4. The highest BCUT2D eigenvalue weighted by molar-refractivity contribution is 6.19. The van der Waals surface area contributed by atoms with E-state index in [4.69, 9.17) is 4.42 Å². The summed E-state index contributed by atoms with van der Waals surface area (Å²) < 4.78 is 33.5. The average molecular weight is 353 g/mol. The van der Waals surface area contributed by atoms with Crippen molar-refractivity contribution in [3.05, 3.63) is 69.4 Å². The summed E-state index contributed by atoms with van der Waals surface area (Å²) in [5, 5.41) is 2.63. The van der Waals surface area contributed by atoms with Gasteiger partial charge in [-0.2, -0.15) is 4.39 Å². The first kappa shape index (κ1) is 14.8. The summed E-state index contributed by atoms with van der Waals surface area (Å²) in [5.74, 6) is -2.91. The minimum absolute atomic E-state index is 0.0763. The fraction of sp³-hybridized carbons (Fsp3) is 0.0556. The molecule has 0 atom stereocenters. The number of amides is 1. The predicted octanol–water partition coefficient (Wildman–Crippen LogP) is 3.06. The van der Waals surface area contributed by atoms with Crippen LogP contribution in [0.3, 0.4) is 0 Å². The van der Waals surface area contributed by atoms with E-state index >= 15 is 0 Å². The molecule has 0 spiro atoms. The van der Waals surface area contributed by atoms with Crippen molar-refractivity contribution in [1.82, 2.24) is 9.97 Å². The average Bonchev–Trinajstić information content (AvgIpc) is 3.24. The lowest BCUT2D eigenvalue weighted by Gasteiger charge is -2.08. The summed E-state index contributed by atoms with van der Waals surface area (Å²) in [7, 11) is 0. The van der Waals surface area contributed by atoms with Crippen LogP contribution in [-0.2, 0) is 6.42 Å². The van der Waals surface area contributed by atoms with E-state index in [0.29, 0.717) is 23.3 Å². The van der Waals surface area contributed by atoms with Gasteiger partial charge in [-0.05, 0) is 12.1 Å². The normalized spacial score (nSPS) is 12.4. The highest BCUT2D eigenvalue weighted by atomic mass is 19.2. The van der Waals surface area contributed by atoms with E-state index < -0.39 is 17.7 Å². The molecule has 2 N–H and O–H groups in total. The van der Waals surface area contributed by atoms with E-state index in [1.54, 1.807) is 0 Å². The Bertz CT molecular complexity index is 1240. The fourth-order valence-electron chi connectivity index (χ4n) is 3.19. The molecule has 0 aromatic carbocycles. The quantitative estimate of drug-likeness (QED) is 0.488. The molecule has 1 aliphatic carbocycles. The van der Waals surface area contributed by atoms with Gasteiger partial charge in [0.1, 0.15) is 11.2 Å². The van der Waals surface area contributed by atoms with Gasteiger partial charge >= 0.3 is 0 Å². The first-order valence-corrected chi connectivity index (χ1v) is 7.74. The summed E-state index contributed by atoms with van der Waals surface area (Å²) in [5.41, 5.74) is 2.93. The van der Waals surface area contributed by atoms with Crippen molar-refractivity contribution in [3.63, 3.8) is 0 Å². The fourth-order valence-corrected chi connectivity index (χ4v) is 3.19. The lowest BCUT2D eigenvalue weighted by molar-refractivity contribution is 0.102. The summed E-state index contributed by atoms with van der Waals surface area (Å²) in [6.45, 7) is 0. The van der Waals surface area contributed by atoms with Crippen LogP contribution in [0.1, 0.15) is 21.5 Å². The standard InChI is InChI=1S/C18H9F2N3O3/c19-14-8(3-4-21-17(14)20)12-13(16-10-5-9(10)15(12)26-16)18(25)23-7-1-2-11(24)22-6-7/h1-4,6H,5H2,(H,22,24)(H,23,25). The van der Waals surface area contributed by atoms with E-state index in [2.05, 4.69) is 15.3 Å². The Labute approximate surface area is 143 Å². The Kier molecular flexibility index (Phi) is 2.83. The Hall–Kier alpha value is -3.55. The van der Waals surface area contributed by atoms with Crippen LogP contribution in [-0.4, -0.2) is 15.9 Å². The van der Waals surface area contributed by atoms with Crippen molar-refractivity contribution in [1.29, 1.82) is 0 Å². The summed E-state index contributed by atoms with van der Waals surface area (Å²) in [6, 6.07) is 4.02. The number of rotatable bonds is 3. The molecule has 0 unspecified atom stereocenters. The third-order valence-corrected chi connectivity index (χ3v) is 4.43. The van der Waals surface area contributed by atoms with Crippen molar-refractivity contribution in [3.8, 4) is 11.1 Å². The van der Waals surface area contributed by atoms with Crippen LogP contribution >= 0.6 is 0 Å². The Morgan fingerprint density at radius 2 is 2.00 bits per heavy atom. The number of nitrogens with one attached hydrogen (secondary N) is 2. The first-order valence-electron chi connectivity index (χ1n) is 7.74.